The Morgan fingerprint density at radius 3 is 3.08 bits per heavy atom. The Hall–Kier alpha value is -1.02. The third-order valence-corrected chi connectivity index (χ3v) is 2.38. The summed E-state index contributed by atoms with van der Waals surface area (Å²) in [5.41, 5.74) is 2.66. The van der Waals surface area contributed by atoms with E-state index in [0.717, 1.165) is 35.4 Å². The lowest BCUT2D eigenvalue weighted by Gasteiger charge is -2.06. The molecule has 0 aliphatic heterocycles. The van der Waals surface area contributed by atoms with Crippen LogP contribution in [0.4, 0.5) is 0 Å². The summed E-state index contributed by atoms with van der Waals surface area (Å²) in [5, 5.41) is 0.751. The smallest absolute Gasteiger partial charge is 0.166 e. The Morgan fingerprint density at radius 1 is 1.58 bits per heavy atom. The second kappa shape index (κ2) is 2.79. The van der Waals surface area contributed by atoms with Gasteiger partial charge in [0.1, 0.15) is 0 Å². The van der Waals surface area contributed by atoms with Gasteiger partial charge in [-0.25, -0.2) is 0 Å². The summed E-state index contributed by atoms with van der Waals surface area (Å²) in [6.45, 7) is 0. The van der Waals surface area contributed by atoms with Crippen molar-refractivity contribution < 1.29 is 4.79 Å². The number of aryl methyl sites for hydroxylation is 1. The van der Waals surface area contributed by atoms with Gasteiger partial charge < -0.3 is 4.98 Å². The maximum absolute atomic E-state index is 10.4. The summed E-state index contributed by atoms with van der Waals surface area (Å²) in [5.74, 6) is 0. The first-order valence-corrected chi connectivity index (χ1v) is 4.22. The van der Waals surface area contributed by atoms with Crippen LogP contribution in [0.5, 0.6) is 0 Å². The maximum Gasteiger partial charge on any atom is 0.166 e. The topological polar surface area (TPSA) is 32.9 Å². The van der Waals surface area contributed by atoms with Gasteiger partial charge in [-0.2, -0.15) is 0 Å². The fraction of sp³-hybridized carbons (Fsp3) is 0.222. The molecule has 0 atom stereocenters. The predicted octanol–water partition coefficient (Wildman–Crippen LogP) is 2.35. The van der Waals surface area contributed by atoms with Gasteiger partial charge in [0.15, 0.2) is 6.29 Å². The van der Waals surface area contributed by atoms with Gasteiger partial charge in [0.25, 0.3) is 0 Å². The zero-order valence-corrected chi connectivity index (χ0v) is 7.19. The number of aromatic nitrogens is 1. The van der Waals surface area contributed by atoms with Crippen LogP contribution in [0, 0.1) is 0 Å². The van der Waals surface area contributed by atoms with Crippen LogP contribution < -0.4 is 0 Å². The van der Waals surface area contributed by atoms with E-state index in [1.165, 1.54) is 0 Å². The van der Waals surface area contributed by atoms with Gasteiger partial charge in [-0.3, -0.25) is 4.79 Å². The lowest BCUT2D eigenvalue weighted by molar-refractivity contribution is 0.111. The maximum atomic E-state index is 10.4. The average Bonchev–Trinajstić information content (AvgIpc) is 2.49. The van der Waals surface area contributed by atoms with E-state index in [4.69, 9.17) is 11.6 Å². The van der Waals surface area contributed by atoms with Gasteiger partial charge in [0, 0.05) is 16.3 Å². The number of allylic oxidation sites excluding steroid dienone is 1. The van der Waals surface area contributed by atoms with Crippen molar-refractivity contribution in [1.29, 1.82) is 0 Å². The van der Waals surface area contributed by atoms with Crippen LogP contribution in [0.1, 0.15) is 28.2 Å². The number of rotatable bonds is 1. The zero-order chi connectivity index (χ0) is 8.55. The van der Waals surface area contributed by atoms with Crippen LogP contribution >= 0.6 is 11.6 Å². The van der Waals surface area contributed by atoms with Crippen molar-refractivity contribution in [3.63, 3.8) is 0 Å². The summed E-state index contributed by atoms with van der Waals surface area (Å²) < 4.78 is 0. The fourth-order valence-electron chi connectivity index (χ4n) is 1.45. The van der Waals surface area contributed by atoms with Crippen LogP contribution in [-0.2, 0) is 6.42 Å². The first-order chi connectivity index (χ1) is 5.81. The second-order valence-corrected chi connectivity index (χ2v) is 3.23. The van der Waals surface area contributed by atoms with Crippen molar-refractivity contribution in [2.75, 3.05) is 0 Å². The second-order valence-electron chi connectivity index (χ2n) is 2.83. The number of carbonyl (C=O) groups is 1. The number of fused-ring (bicyclic) bond motifs is 1. The van der Waals surface area contributed by atoms with Gasteiger partial charge in [-0.15, -0.1) is 0 Å². The molecule has 0 amide bonds. The third-order valence-electron chi connectivity index (χ3n) is 2.02. The highest BCUT2D eigenvalue weighted by molar-refractivity contribution is 6.49. The molecular weight excluding hydrogens is 174 g/mol. The number of halogens is 1. The first-order valence-electron chi connectivity index (χ1n) is 3.84. The molecule has 2 rings (SSSR count). The molecule has 0 spiro atoms. The van der Waals surface area contributed by atoms with Crippen molar-refractivity contribution in [2.24, 2.45) is 0 Å². The molecule has 1 aromatic rings. The predicted molar refractivity (Wildman–Crippen MR) is 48.3 cm³/mol. The average molecular weight is 182 g/mol. The van der Waals surface area contributed by atoms with Gasteiger partial charge in [0.05, 0.1) is 5.69 Å². The molecule has 1 aliphatic rings. The zero-order valence-electron chi connectivity index (χ0n) is 6.43. The molecule has 1 N–H and O–H groups in total. The minimum atomic E-state index is 0.605. The van der Waals surface area contributed by atoms with E-state index in [-0.39, 0.29) is 0 Å². The molecule has 1 aromatic heterocycles. The minimum absolute atomic E-state index is 0.605. The summed E-state index contributed by atoms with van der Waals surface area (Å²) in [4.78, 5) is 13.5. The van der Waals surface area contributed by atoms with E-state index in [1.807, 2.05) is 6.08 Å². The molecule has 0 saturated carbocycles. The van der Waals surface area contributed by atoms with Crippen molar-refractivity contribution in [1.82, 2.24) is 4.98 Å². The molecule has 0 saturated heterocycles. The SMILES string of the molecule is O=Cc1cc2c([nH]1)CCC=C2Cl. The Labute approximate surface area is 75.2 Å². The summed E-state index contributed by atoms with van der Waals surface area (Å²) in [6.07, 6.45) is 4.68. The molecule has 12 heavy (non-hydrogen) atoms. The standard InChI is InChI=1S/C9H8ClNO/c10-8-2-1-3-9-7(8)4-6(5-12)11-9/h2,4-5,11H,1,3H2. The molecule has 0 radical (unpaired) electrons. The van der Waals surface area contributed by atoms with Gasteiger partial charge in [-0.1, -0.05) is 17.7 Å². The Bertz CT molecular complexity index is 351. The normalized spacial score (nSPS) is 15.2. The largest absolute Gasteiger partial charge is 0.356 e. The Balaban J connectivity index is 2.53. The van der Waals surface area contributed by atoms with E-state index in [9.17, 15) is 4.79 Å². The quantitative estimate of drug-likeness (QED) is 0.663. The molecule has 62 valence electrons. The molecular formula is C9H8ClNO. The van der Waals surface area contributed by atoms with E-state index in [2.05, 4.69) is 4.98 Å². The molecule has 0 unspecified atom stereocenters. The number of carbonyl (C=O) groups excluding carboxylic acids is 1. The highest BCUT2D eigenvalue weighted by Gasteiger charge is 2.13. The number of H-pyrrole nitrogens is 1. The molecule has 1 aliphatic carbocycles. The van der Waals surface area contributed by atoms with Gasteiger partial charge in [-0.05, 0) is 18.9 Å². The van der Waals surface area contributed by atoms with Crippen LogP contribution in [0.15, 0.2) is 12.1 Å². The Morgan fingerprint density at radius 2 is 2.42 bits per heavy atom. The minimum Gasteiger partial charge on any atom is -0.356 e. The van der Waals surface area contributed by atoms with Gasteiger partial charge >= 0.3 is 0 Å². The van der Waals surface area contributed by atoms with E-state index < -0.39 is 0 Å². The lowest BCUT2D eigenvalue weighted by atomic mass is 10.1. The Kier molecular flexibility index (Phi) is 1.77. The first kappa shape index (κ1) is 7.62. The number of hydrogen-bond donors (Lipinski definition) is 1. The molecule has 2 nitrogen and oxygen atoms in total. The highest BCUT2D eigenvalue weighted by Crippen LogP contribution is 2.29. The number of aldehydes is 1. The van der Waals surface area contributed by atoms with E-state index in [0.29, 0.717) is 5.69 Å². The van der Waals surface area contributed by atoms with Crippen molar-refractivity contribution >= 4 is 22.9 Å². The molecule has 1 heterocycles. The lowest BCUT2D eigenvalue weighted by Crippen LogP contribution is -1.93. The fourth-order valence-corrected chi connectivity index (χ4v) is 1.72. The summed E-state index contributed by atoms with van der Waals surface area (Å²) in [6, 6.07) is 1.79. The number of aromatic amines is 1. The molecule has 0 fully saturated rings. The van der Waals surface area contributed by atoms with Crippen LogP contribution in [0.3, 0.4) is 0 Å². The van der Waals surface area contributed by atoms with E-state index in [1.54, 1.807) is 6.07 Å². The number of hydrogen-bond acceptors (Lipinski definition) is 1. The highest BCUT2D eigenvalue weighted by atomic mass is 35.5. The van der Waals surface area contributed by atoms with E-state index >= 15 is 0 Å². The third kappa shape index (κ3) is 1.08. The monoisotopic (exact) mass is 181 g/mol. The van der Waals surface area contributed by atoms with Crippen LogP contribution in [0.2, 0.25) is 0 Å². The van der Waals surface area contributed by atoms with Crippen LogP contribution in [-0.4, -0.2) is 11.3 Å². The van der Waals surface area contributed by atoms with Crippen molar-refractivity contribution in [2.45, 2.75) is 12.8 Å². The number of nitrogens with one attached hydrogen (secondary N) is 1. The van der Waals surface area contributed by atoms with Crippen LogP contribution in [0.25, 0.3) is 5.03 Å². The summed E-state index contributed by atoms with van der Waals surface area (Å²) in [7, 11) is 0. The van der Waals surface area contributed by atoms with Crippen molar-refractivity contribution in [3.8, 4) is 0 Å². The molecule has 0 aromatic carbocycles. The summed E-state index contributed by atoms with van der Waals surface area (Å²) >= 11 is 5.94. The molecule has 0 bridgehead atoms. The van der Waals surface area contributed by atoms with Crippen molar-refractivity contribution in [3.05, 3.63) is 29.1 Å². The molecule has 3 heteroatoms. The van der Waals surface area contributed by atoms with Gasteiger partial charge in [0.2, 0.25) is 0 Å².